The van der Waals surface area contributed by atoms with Crippen molar-refractivity contribution in [2.75, 3.05) is 0 Å². The quantitative estimate of drug-likeness (QED) is 0.365. The van der Waals surface area contributed by atoms with Crippen molar-refractivity contribution in [1.82, 2.24) is 19.9 Å². The topological polar surface area (TPSA) is 95.3 Å². The maximum atomic E-state index is 12.9. The van der Waals surface area contributed by atoms with Crippen LogP contribution in [-0.2, 0) is 5.75 Å². The minimum atomic E-state index is -0.147. The van der Waals surface area contributed by atoms with Crippen molar-refractivity contribution < 1.29 is 0 Å². The molecular formula is C22H19N5OS2. The maximum absolute atomic E-state index is 12.9. The molecule has 0 saturated carbocycles. The lowest BCUT2D eigenvalue weighted by molar-refractivity contribution is 0.921. The second-order valence-electron chi connectivity index (χ2n) is 7.03. The van der Waals surface area contributed by atoms with Crippen LogP contribution in [0.4, 0.5) is 0 Å². The van der Waals surface area contributed by atoms with Gasteiger partial charge in [-0.25, -0.2) is 15.0 Å². The molecule has 0 amide bonds. The van der Waals surface area contributed by atoms with Crippen LogP contribution in [0, 0.1) is 39.0 Å². The average Bonchev–Trinajstić information content (AvgIpc) is 3.03. The molecule has 0 unspecified atom stereocenters. The Bertz CT molecular complexity index is 1360. The second kappa shape index (κ2) is 8.01. The van der Waals surface area contributed by atoms with Gasteiger partial charge >= 0.3 is 0 Å². The minimum absolute atomic E-state index is 0.147. The van der Waals surface area contributed by atoms with Gasteiger partial charge in [0, 0.05) is 10.4 Å². The molecule has 30 heavy (non-hydrogen) atoms. The van der Waals surface area contributed by atoms with E-state index >= 15 is 0 Å². The van der Waals surface area contributed by atoms with E-state index in [9.17, 15) is 10.1 Å². The Morgan fingerprint density at radius 1 is 1.10 bits per heavy atom. The molecule has 8 heteroatoms. The molecule has 0 bridgehead atoms. The number of aromatic nitrogens is 4. The van der Waals surface area contributed by atoms with Gasteiger partial charge in [0.25, 0.3) is 5.56 Å². The number of nitrogens with zero attached hydrogens (tertiary/aromatic N) is 4. The standard InChI is InChI=1S/C22H19N5OS2/c1-11-5-7-15(8-6-11)18-13(3)30-22-19(18)20(28)26-17(27-22)10-29-21-16(9-23)12(2)24-14(4)25-21/h5-8H,10H2,1-4H3,(H,26,27,28). The van der Waals surface area contributed by atoms with Crippen molar-refractivity contribution >= 4 is 33.3 Å². The zero-order valence-electron chi connectivity index (χ0n) is 17.0. The van der Waals surface area contributed by atoms with Gasteiger partial charge in [0.05, 0.1) is 16.8 Å². The number of rotatable bonds is 4. The third kappa shape index (κ3) is 3.74. The van der Waals surface area contributed by atoms with Gasteiger partial charge in [-0.2, -0.15) is 5.26 Å². The number of H-pyrrole nitrogens is 1. The molecule has 0 radical (unpaired) electrons. The fourth-order valence-corrected chi connectivity index (χ4v) is 5.36. The smallest absolute Gasteiger partial charge is 0.260 e. The molecule has 4 rings (SSSR count). The lowest BCUT2D eigenvalue weighted by atomic mass is 10.0. The van der Waals surface area contributed by atoms with Crippen LogP contribution >= 0.6 is 23.1 Å². The van der Waals surface area contributed by atoms with E-state index in [1.807, 2.05) is 38.1 Å². The highest BCUT2D eigenvalue weighted by Crippen LogP contribution is 2.36. The Hall–Kier alpha value is -3.02. The Kier molecular flexibility index (Phi) is 5.41. The van der Waals surface area contributed by atoms with Crippen molar-refractivity contribution in [2.45, 2.75) is 38.5 Å². The molecule has 0 aliphatic rings. The van der Waals surface area contributed by atoms with E-state index in [2.05, 4.69) is 21.0 Å². The van der Waals surface area contributed by atoms with Gasteiger partial charge in [0.1, 0.15) is 33.1 Å². The van der Waals surface area contributed by atoms with E-state index in [0.717, 1.165) is 20.8 Å². The van der Waals surface area contributed by atoms with Gasteiger partial charge in [-0.3, -0.25) is 4.79 Å². The van der Waals surface area contributed by atoms with Crippen LogP contribution in [0.3, 0.4) is 0 Å². The van der Waals surface area contributed by atoms with E-state index in [4.69, 9.17) is 4.98 Å². The molecule has 0 aliphatic heterocycles. The van der Waals surface area contributed by atoms with Gasteiger partial charge in [-0.15, -0.1) is 11.3 Å². The van der Waals surface area contributed by atoms with Crippen molar-refractivity contribution in [3.63, 3.8) is 0 Å². The number of benzene rings is 1. The summed E-state index contributed by atoms with van der Waals surface area (Å²) < 4.78 is 0. The fourth-order valence-electron chi connectivity index (χ4n) is 3.35. The third-order valence-corrected chi connectivity index (χ3v) is 6.74. The SMILES string of the molecule is Cc1ccc(-c2c(C)sc3nc(CSc4nc(C)nc(C)c4C#N)[nH]c(=O)c23)cc1. The molecular weight excluding hydrogens is 414 g/mol. The van der Waals surface area contributed by atoms with E-state index < -0.39 is 0 Å². The highest BCUT2D eigenvalue weighted by molar-refractivity contribution is 7.98. The van der Waals surface area contributed by atoms with Crippen LogP contribution in [0.15, 0.2) is 34.1 Å². The van der Waals surface area contributed by atoms with E-state index in [-0.39, 0.29) is 5.56 Å². The van der Waals surface area contributed by atoms with Crippen LogP contribution < -0.4 is 5.56 Å². The number of thioether (sulfide) groups is 1. The number of nitriles is 1. The van der Waals surface area contributed by atoms with E-state index in [1.165, 1.54) is 28.7 Å². The molecule has 1 aromatic carbocycles. The zero-order chi connectivity index (χ0) is 21.4. The molecule has 1 N–H and O–H groups in total. The normalized spacial score (nSPS) is 11.0. The number of thiophene rings is 1. The largest absolute Gasteiger partial charge is 0.309 e. The summed E-state index contributed by atoms with van der Waals surface area (Å²) >= 11 is 2.90. The van der Waals surface area contributed by atoms with Crippen molar-refractivity contribution in [2.24, 2.45) is 0 Å². The minimum Gasteiger partial charge on any atom is -0.309 e. The van der Waals surface area contributed by atoms with Crippen molar-refractivity contribution in [3.05, 3.63) is 68.0 Å². The van der Waals surface area contributed by atoms with Crippen molar-refractivity contribution in [3.8, 4) is 17.2 Å². The Morgan fingerprint density at radius 2 is 1.83 bits per heavy atom. The van der Waals surface area contributed by atoms with Gasteiger partial charge in [-0.05, 0) is 33.3 Å². The van der Waals surface area contributed by atoms with Crippen LogP contribution in [0.25, 0.3) is 21.3 Å². The maximum Gasteiger partial charge on any atom is 0.260 e. The number of aromatic amines is 1. The van der Waals surface area contributed by atoms with Gasteiger partial charge in [0.2, 0.25) is 0 Å². The monoisotopic (exact) mass is 433 g/mol. The molecule has 0 spiro atoms. The summed E-state index contributed by atoms with van der Waals surface area (Å²) in [4.78, 5) is 31.0. The van der Waals surface area contributed by atoms with E-state index in [1.54, 1.807) is 13.8 Å². The molecule has 3 aromatic heterocycles. The summed E-state index contributed by atoms with van der Waals surface area (Å²) in [7, 11) is 0. The van der Waals surface area contributed by atoms with Crippen LogP contribution in [0.1, 0.15) is 33.3 Å². The first-order chi connectivity index (χ1) is 14.4. The summed E-state index contributed by atoms with van der Waals surface area (Å²) in [6.45, 7) is 7.65. The third-order valence-electron chi connectivity index (χ3n) is 4.75. The number of hydrogen-bond acceptors (Lipinski definition) is 7. The summed E-state index contributed by atoms with van der Waals surface area (Å²) in [6.07, 6.45) is 0. The summed E-state index contributed by atoms with van der Waals surface area (Å²) in [5, 5.41) is 10.6. The highest BCUT2D eigenvalue weighted by atomic mass is 32.2. The summed E-state index contributed by atoms with van der Waals surface area (Å²) in [5.74, 6) is 1.58. The molecule has 0 saturated heterocycles. The van der Waals surface area contributed by atoms with Crippen molar-refractivity contribution in [1.29, 1.82) is 5.26 Å². The molecule has 0 aliphatic carbocycles. The predicted molar refractivity (Wildman–Crippen MR) is 121 cm³/mol. The number of nitrogens with one attached hydrogen (secondary N) is 1. The number of fused-ring (bicyclic) bond motifs is 1. The Morgan fingerprint density at radius 3 is 2.53 bits per heavy atom. The van der Waals surface area contributed by atoms with Crippen LogP contribution in [-0.4, -0.2) is 19.9 Å². The highest BCUT2D eigenvalue weighted by Gasteiger charge is 2.17. The number of hydrogen-bond donors (Lipinski definition) is 1. The molecule has 0 atom stereocenters. The molecule has 3 heterocycles. The van der Waals surface area contributed by atoms with Gasteiger partial charge < -0.3 is 4.98 Å². The number of aryl methyl sites for hydroxylation is 4. The lowest BCUT2D eigenvalue weighted by Crippen LogP contribution is -2.11. The van der Waals surface area contributed by atoms with Gasteiger partial charge in [-0.1, -0.05) is 41.6 Å². The van der Waals surface area contributed by atoms with Gasteiger partial charge in [0.15, 0.2) is 0 Å². The predicted octanol–water partition coefficient (Wildman–Crippen LogP) is 4.84. The first-order valence-electron chi connectivity index (χ1n) is 9.35. The molecule has 6 nitrogen and oxygen atoms in total. The summed E-state index contributed by atoms with van der Waals surface area (Å²) in [5.41, 5.74) is 4.10. The lowest BCUT2D eigenvalue weighted by Gasteiger charge is -2.06. The van der Waals surface area contributed by atoms with Crippen LogP contribution in [0.2, 0.25) is 0 Å². The molecule has 0 fully saturated rings. The second-order valence-corrected chi connectivity index (χ2v) is 9.20. The summed E-state index contributed by atoms with van der Waals surface area (Å²) in [6, 6.07) is 10.3. The molecule has 4 aromatic rings. The first-order valence-corrected chi connectivity index (χ1v) is 11.1. The Labute approximate surface area is 182 Å². The Balaban J connectivity index is 1.71. The van der Waals surface area contributed by atoms with Crippen LogP contribution in [0.5, 0.6) is 0 Å². The fraction of sp³-hybridized carbons (Fsp3) is 0.227. The average molecular weight is 434 g/mol. The van der Waals surface area contributed by atoms with E-state index in [0.29, 0.717) is 39.1 Å². The zero-order valence-corrected chi connectivity index (χ0v) is 18.7. The first kappa shape index (κ1) is 20.3. The molecule has 150 valence electrons.